The van der Waals surface area contributed by atoms with Crippen molar-refractivity contribution in [2.75, 3.05) is 0 Å². The van der Waals surface area contributed by atoms with Crippen LogP contribution in [0.3, 0.4) is 0 Å². The molecule has 0 aromatic heterocycles. The van der Waals surface area contributed by atoms with Crippen LogP contribution in [0.1, 0.15) is 38.3 Å². The molecule has 0 spiro atoms. The van der Waals surface area contributed by atoms with E-state index >= 15 is 0 Å². The molecule has 0 saturated carbocycles. The second kappa shape index (κ2) is 6.69. The standard InChI is InChI=1S/C15H24Si/c1-12(2)11-13(3)15-8-6-14(7-9-15)5-4-10-16/h6-9,11-12H,4-5,10H2,1-3,16H3/b13-11+. The topological polar surface area (TPSA) is 0 Å². The minimum Gasteiger partial charge on any atom is -0.0784 e. The van der Waals surface area contributed by atoms with Gasteiger partial charge in [-0.1, -0.05) is 56.7 Å². The van der Waals surface area contributed by atoms with Crippen molar-refractivity contribution < 1.29 is 0 Å². The van der Waals surface area contributed by atoms with Crippen molar-refractivity contribution in [2.45, 2.75) is 39.7 Å². The van der Waals surface area contributed by atoms with Crippen molar-refractivity contribution in [1.82, 2.24) is 0 Å². The van der Waals surface area contributed by atoms with E-state index in [1.165, 1.54) is 45.8 Å². The van der Waals surface area contributed by atoms with E-state index in [4.69, 9.17) is 0 Å². The van der Waals surface area contributed by atoms with Crippen LogP contribution in [0.25, 0.3) is 5.57 Å². The molecule has 88 valence electrons. The Bertz CT molecular complexity index is 333. The minimum absolute atomic E-state index is 0.629. The second-order valence-electron chi connectivity index (χ2n) is 4.89. The van der Waals surface area contributed by atoms with Crippen LogP contribution < -0.4 is 0 Å². The molecule has 0 radical (unpaired) electrons. The highest BCUT2D eigenvalue weighted by atomic mass is 28.1. The van der Waals surface area contributed by atoms with Gasteiger partial charge in [0.2, 0.25) is 0 Å². The average molecular weight is 232 g/mol. The summed E-state index contributed by atoms with van der Waals surface area (Å²) in [6.07, 6.45) is 4.93. The number of benzene rings is 1. The number of aryl methyl sites for hydroxylation is 1. The van der Waals surface area contributed by atoms with E-state index in [9.17, 15) is 0 Å². The van der Waals surface area contributed by atoms with Gasteiger partial charge in [-0.05, 0) is 36.0 Å². The lowest BCUT2D eigenvalue weighted by molar-refractivity contribution is 0.833. The third kappa shape index (κ3) is 4.36. The second-order valence-corrected chi connectivity index (χ2v) is 5.89. The van der Waals surface area contributed by atoms with Crippen LogP contribution in [0.15, 0.2) is 30.3 Å². The maximum atomic E-state index is 2.33. The maximum absolute atomic E-state index is 2.33. The van der Waals surface area contributed by atoms with Gasteiger partial charge >= 0.3 is 0 Å². The zero-order valence-corrected chi connectivity index (χ0v) is 13.1. The van der Waals surface area contributed by atoms with Crippen LogP contribution in [0.2, 0.25) is 6.04 Å². The summed E-state index contributed by atoms with van der Waals surface area (Å²) < 4.78 is 0. The number of hydrogen-bond acceptors (Lipinski definition) is 0. The molecule has 0 N–H and O–H groups in total. The summed E-state index contributed by atoms with van der Waals surface area (Å²) in [5.41, 5.74) is 4.24. The van der Waals surface area contributed by atoms with E-state index in [0.29, 0.717) is 5.92 Å². The first-order valence-corrected chi connectivity index (χ1v) is 7.82. The predicted molar refractivity (Wildman–Crippen MR) is 78.0 cm³/mol. The maximum Gasteiger partial charge on any atom is 0.00281 e. The largest absolute Gasteiger partial charge is 0.0784 e. The molecule has 1 heteroatoms. The fraction of sp³-hybridized carbons (Fsp3) is 0.467. The van der Waals surface area contributed by atoms with E-state index in [0.717, 1.165) is 0 Å². The quantitative estimate of drug-likeness (QED) is 0.682. The molecular weight excluding hydrogens is 208 g/mol. The molecule has 0 unspecified atom stereocenters. The first-order valence-electron chi connectivity index (χ1n) is 6.41. The SMILES string of the molecule is C/C(=C\C(C)C)c1ccc(CCC[SiH3])cc1. The van der Waals surface area contributed by atoms with Crippen molar-refractivity contribution in [3.05, 3.63) is 41.5 Å². The smallest absolute Gasteiger partial charge is 0.00281 e. The molecule has 0 aliphatic carbocycles. The van der Waals surface area contributed by atoms with Crippen molar-refractivity contribution >= 4 is 15.8 Å². The number of hydrogen-bond donors (Lipinski definition) is 0. The molecule has 1 aromatic carbocycles. The van der Waals surface area contributed by atoms with Gasteiger partial charge in [0.05, 0.1) is 0 Å². The monoisotopic (exact) mass is 232 g/mol. The Labute approximate surface area is 103 Å². The summed E-state index contributed by atoms with van der Waals surface area (Å²) in [6.45, 7) is 6.65. The summed E-state index contributed by atoms with van der Waals surface area (Å²) in [7, 11) is 1.33. The molecule has 0 fully saturated rings. The number of rotatable bonds is 5. The van der Waals surface area contributed by atoms with Crippen molar-refractivity contribution in [3.8, 4) is 0 Å². The Morgan fingerprint density at radius 3 is 2.38 bits per heavy atom. The summed E-state index contributed by atoms with van der Waals surface area (Å²) in [5, 5.41) is 0. The summed E-state index contributed by atoms with van der Waals surface area (Å²) in [6, 6.07) is 10.5. The van der Waals surface area contributed by atoms with Gasteiger partial charge < -0.3 is 0 Å². The summed E-state index contributed by atoms with van der Waals surface area (Å²) in [4.78, 5) is 0. The van der Waals surface area contributed by atoms with Crippen molar-refractivity contribution in [1.29, 1.82) is 0 Å². The van der Waals surface area contributed by atoms with Crippen LogP contribution in [0, 0.1) is 5.92 Å². The van der Waals surface area contributed by atoms with Crippen LogP contribution in [-0.2, 0) is 6.42 Å². The molecular formula is C15H24Si. The molecule has 0 saturated heterocycles. The number of allylic oxidation sites excluding steroid dienone is 2. The van der Waals surface area contributed by atoms with E-state index in [2.05, 4.69) is 51.1 Å². The molecule has 0 aliphatic rings. The first kappa shape index (κ1) is 13.2. The van der Waals surface area contributed by atoms with E-state index in [1.54, 1.807) is 0 Å². The lowest BCUT2D eigenvalue weighted by atomic mass is 10.0. The Balaban J connectivity index is 2.71. The van der Waals surface area contributed by atoms with Crippen molar-refractivity contribution in [2.24, 2.45) is 5.92 Å². The van der Waals surface area contributed by atoms with E-state index < -0.39 is 0 Å². The fourth-order valence-electron chi connectivity index (χ4n) is 1.91. The van der Waals surface area contributed by atoms with Gasteiger partial charge in [-0.25, -0.2) is 0 Å². The van der Waals surface area contributed by atoms with Crippen LogP contribution >= 0.6 is 0 Å². The van der Waals surface area contributed by atoms with Gasteiger partial charge in [-0.3, -0.25) is 0 Å². The molecule has 0 heterocycles. The Morgan fingerprint density at radius 2 is 1.88 bits per heavy atom. The van der Waals surface area contributed by atoms with Gasteiger partial charge in [-0.2, -0.15) is 0 Å². The zero-order valence-electron chi connectivity index (χ0n) is 11.1. The molecule has 0 aliphatic heterocycles. The molecule has 0 bridgehead atoms. The fourth-order valence-corrected chi connectivity index (χ4v) is 2.26. The van der Waals surface area contributed by atoms with Crippen molar-refractivity contribution in [3.63, 3.8) is 0 Å². The highest BCUT2D eigenvalue weighted by molar-refractivity contribution is 6.08. The van der Waals surface area contributed by atoms with Gasteiger partial charge in [0, 0.05) is 10.2 Å². The first-order chi connectivity index (χ1) is 7.63. The zero-order chi connectivity index (χ0) is 12.0. The lowest BCUT2D eigenvalue weighted by Crippen LogP contribution is -1.88. The predicted octanol–water partition coefficient (Wildman–Crippen LogP) is 3.46. The molecule has 1 aromatic rings. The third-order valence-corrected chi connectivity index (χ3v) is 3.52. The molecule has 0 amide bonds. The van der Waals surface area contributed by atoms with Gasteiger partial charge in [-0.15, -0.1) is 0 Å². The van der Waals surface area contributed by atoms with Gasteiger partial charge in [0.15, 0.2) is 0 Å². The van der Waals surface area contributed by atoms with Crippen LogP contribution in [0.4, 0.5) is 0 Å². The highest BCUT2D eigenvalue weighted by Gasteiger charge is 1.98. The van der Waals surface area contributed by atoms with E-state index in [-0.39, 0.29) is 0 Å². The molecule has 0 atom stereocenters. The summed E-state index contributed by atoms with van der Waals surface area (Å²) in [5.74, 6) is 0.629. The van der Waals surface area contributed by atoms with Gasteiger partial charge in [0.1, 0.15) is 0 Å². The Hall–Kier alpha value is -0.823. The lowest BCUT2D eigenvalue weighted by Gasteiger charge is -2.06. The molecule has 1 rings (SSSR count). The molecule has 16 heavy (non-hydrogen) atoms. The van der Waals surface area contributed by atoms with Crippen LogP contribution in [0.5, 0.6) is 0 Å². The summed E-state index contributed by atoms with van der Waals surface area (Å²) >= 11 is 0. The average Bonchev–Trinajstić information content (AvgIpc) is 2.26. The Morgan fingerprint density at radius 1 is 1.25 bits per heavy atom. The van der Waals surface area contributed by atoms with E-state index in [1.807, 2.05) is 0 Å². The normalized spacial score (nSPS) is 12.4. The minimum atomic E-state index is 0.629. The third-order valence-electron chi connectivity index (χ3n) is 2.81. The van der Waals surface area contributed by atoms with Gasteiger partial charge in [0.25, 0.3) is 0 Å². The highest BCUT2D eigenvalue weighted by Crippen LogP contribution is 2.17. The van der Waals surface area contributed by atoms with Crippen LogP contribution in [-0.4, -0.2) is 10.2 Å². The molecule has 0 nitrogen and oxygen atoms in total. The Kier molecular flexibility index (Phi) is 5.54.